The Labute approximate surface area is 68.7 Å². The van der Waals surface area contributed by atoms with Crippen LogP contribution in [-0.2, 0) is 0 Å². The Kier molecular flexibility index (Phi) is 5.49. The van der Waals surface area contributed by atoms with Crippen LogP contribution in [0.15, 0.2) is 36.5 Å². The smallest absolute Gasteiger partial charge is 0.0757 e. The minimum absolute atomic E-state index is 0.351. The lowest BCUT2D eigenvalue weighted by molar-refractivity contribution is 0.226. The molecule has 0 aromatic carbocycles. The minimum Gasteiger partial charge on any atom is -0.389 e. The topological polar surface area (TPSA) is 20.2 Å². The van der Waals surface area contributed by atoms with Crippen LogP contribution in [0.3, 0.4) is 0 Å². The quantitative estimate of drug-likeness (QED) is 0.484. The van der Waals surface area contributed by atoms with Crippen molar-refractivity contribution in [2.75, 3.05) is 0 Å². The zero-order chi connectivity index (χ0) is 8.69. The van der Waals surface area contributed by atoms with Gasteiger partial charge in [-0.05, 0) is 20.3 Å². The largest absolute Gasteiger partial charge is 0.389 e. The fraction of sp³-hybridized carbons (Fsp3) is 0.400. The van der Waals surface area contributed by atoms with Crippen LogP contribution < -0.4 is 0 Å². The van der Waals surface area contributed by atoms with E-state index < -0.39 is 0 Å². The molecule has 1 unspecified atom stereocenters. The molecule has 11 heavy (non-hydrogen) atoms. The first kappa shape index (κ1) is 10.2. The molecule has 0 aliphatic carbocycles. The van der Waals surface area contributed by atoms with E-state index in [0.29, 0.717) is 6.42 Å². The van der Waals surface area contributed by atoms with Crippen LogP contribution in [-0.4, -0.2) is 11.2 Å². The van der Waals surface area contributed by atoms with Gasteiger partial charge in [0.2, 0.25) is 0 Å². The first-order valence-electron chi connectivity index (χ1n) is 3.77. The number of aliphatic hydroxyl groups excluding tert-OH is 1. The van der Waals surface area contributed by atoms with Gasteiger partial charge in [0.25, 0.3) is 0 Å². The summed E-state index contributed by atoms with van der Waals surface area (Å²) in [5, 5.41) is 9.28. The Morgan fingerprint density at radius 3 is 2.64 bits per heavy atom. The van der Waals surface area contributed by atoms with Crippen LogP contribution in [0.5, 0.6) is 0 Å². The third kappa shape index (κ3) is 7.07. The predicted octanol–water partition coefficient (Wildman–Crippen LogP) is 2.45. The molecule has 0 saturated heterocycles. The van der Waals surface area contributed by atoms with E-state index in [9.17, 15) is 5.11 Å². The summed E-state index contributed by atoms with van der Waals surface area (Å²) in [6, 6.07) is 0. The molecule has 1 nitrogen and oxygen atoms in total. The van der Waals surface area contributed by atoms with Gasteiger partial charge in [0.05, 0.1) is 6.10 Å². The Hall–Kier alpha value is -0.820. The predicted molar refractivity (Wildman–Crippen MR) is 49.4 cm³/mol. The van der Waals surface area contributed by atoms with Crippen molar-refractivity contribution < 1.29 is 5.11 Å². The van der Waals surface area contributed by atoms with Crippen molar-refractivity contribution in [2.24, 2.45) is 0 Å². The van der Waals surface area contributed by atoms with Crippen molar-refractivity contribution in [1.82, 2.24) is 0 Å². The van der Waals surface area contributed by atoms with Crippen molar-refractivity contribution in [3.63, 3.8) is 0 Å². The highest BCUT2D eigenvalue weighted by molar-refractivity contribution is 5.03. The molecular weight excluding hydrogens is 136 g/mol. The van der Waals surface area contributed by atoms with Crippen LogP contribution in [0.2, 0.25) is 0 Å². The molecule has 0 aromatic rings. The number of hydrogen-bond acceptors (Lipinski definition) is 1. The van der Waals surface area contributed by atoms with Gasteiger partial charge >= 0.3 is 0 Å². The standard InChI is InChI=1S/C10H16O/c1-4-5-6-7-10(11)8-9(2)3/h4-6,8,10-11H,1,7H2,2-3H3/b6-5+. The monoisotopic (exact) mass is 152 g/mol. The highest BCUT2D eigenvalue weighted by Crippen LogP contribution is 1.99. The lowest BCUT2D eigenvalue weighted by Gasteiger charge is -2.00. The zero-order valence-corrected chi connectivity index (χ0v) is 7.25. The third-order valence-corrected chi connectivity index (χ3v) is 1.18. The highest BCUT2D eigenvalue weighted by atomic mass is 16.3. The molecule has 0 fully saturated rings. The van der Waals surface area contributed by atoms with E-state index in [1.807, 2.05) is 32.1 Å². The molecule has 0 saturated carbocycles. The molecular formula is C10H16O. The summed E-state index contributed by atoms with van der Waals surface area (Å²) in [6.45, 7) is 7.48. The van der Waals surface area contributed by atoms with E-state index in [-0.39, 0.29) is 6.10 Å². The van der Waals surface area contributed by atoms with Crippen LogP contribution in [0.25, 0.3) is 0 Å². The first-order valence-corrected chi connectivity index (χ1v) is 3.77. The summed E-state index contributed by atoms with van der Waals surface area (Å²) in [4.78, 5) is 0. The van der Waals surface area contributed by atoms with Crippen molar-refractivity contribution >= 4 is 0 Å². The normalized spacial score (nSPS) is 13.0. The highest BCUT2D eigenvalue weighted by Gasteiger charge is 1.93. The second-order valence-corrected chi connectivity index (χ2v) is 2.71. The van der Waals surface area contributed by atoms with E-state index >= 15 is 0 Å². The molecule has 1 N–H and O–H groups in total. The zero-order valence-electron chi connectivity index (χ0n) is 7.25. The van der Waals surface area contributed by atoms with E-state index in [2.05, 4.69) is 6.58 Å². The van der Waals surface area contributed by atoms with Gasteiger partial charge in [-0.15, -0.1) is 0 Å². The maximum atomic E-state index is 9.28. The maximum absolute atomic E-state index is 9.28. The van der Waals surface area contributed by atoms with Gasteiger partial charge in [-0.1, -0.05) is 36.5 Å². The van der Waals surface area contributed by atoms with E-state index in [0.717, 1.165) is 5.57 Å². The molecule has 0 amide bonds. The number of allylic oxidation sites excluding steroid dienone is 3. The van der Waals surface area contributed by atoms with Gasteiger partial charge in [-0.25, -0.2) is 0 Å². The Bertz CT molecular complexity index is 162. The van der Waals surface area contributed by atoms with E-state index in [1.165, 1.54) is 0 Å². The van der Waals surface area contributed by atoms with Gasteiger partial charge < -0.3 is 5.11 Å². The molecule has 1 atom stereocenters. The van der Waals surface area contributed by atoms with Crippen molar-refractivity contribution in [2.45, 2.75) is 26.4 Å². The lowest BCUT2D eigenvalue weighted by atomic mass is 10.2. The van der Waals surface area contributed by atoms with Crippen molar-refractivity contribution in [1.29, 1.82) is 0 Å². The van der Waals surface area contributed by atoms with Crippen LogP contribution in [0.1, 0.15) is 20.3 Å². The molecule has 0 aliphatic heterocycles. The van der Waals surface area contributed by atoms with Gasteiger partial charge in [0.1, 0.15) is 0 Å². The van der Waals surface area contributed by atoms with E-state index in [1.54, 1.807) is 6.08 Å². The Balaban J connectivity index is 3.69. The number of rotatable bonds is 4. The molecule has 0 spiro atoms. The molecule has 0 radical (unpaired) electrons. The van der Waals surface area contributed by atoms with Gasteiger partial charge in [-0.2, -0.15) is 0 Å². The van der Waals surface area contributed by atoms with E-state index in [4.69, 9.17) is 0 Å². The summed E-state index contributed by atoms with van der Waals surface area (Å²) >= 11 is 0. The fourth-order valence-electron chi connectivity index (χ4n) is 0.767. The van der Waals surface area contributed by atoms with Crippen LogP contribution in [0.4, 0.5) is 0 Å². The SMILES string of the molecule is C=C/C=C/CC(O)C=C(C)C. The summed E-state index contributed by atoms with van der Waals surface area (Å²) in [5.41, 5.74) is 1.14. The second kappa shape index (κ2) is 5.93. The molecule has 0 bridgehead atoms. The summed E-state index contributed by atoms with van der Waals surface area (Å²) in [7, 11) is 0. The summed E-state index contributed by atoms with van der Waals surface area (Å²) in [5.74, 6) is 0. The Morgan fingerprint density at radius 1 is 1.55 bits per heavy atom. The van der Waals surface area contributed by atoms with Crippen LogP contribution >= 0.6 is 0 Å². The molecule has 0 rings (SSSR count). The van der Waals surface area contributed by atoms with Gasteiger partial charge in [0.15, 0.2) is 0 Å². The average molecular weight is 152 g/mol. The minimum atomic E-state index is -0.351. The number of aliphatic hydroxyl groups is 1. The first-order chi connectivity index (χ1) is 5.16. The molecule has 62 valence electrons. The average Bonchev–Trinajstić information content (AvgIpc) is 1.86. The number of hydrogen-bond donors (Lipinski definition) is 1. The van der Waals surface area contributed by atoms with Gasteiger partial charge in [-0.3, -0.25) is 0 Å². The summed E-state index contributed by atoms with van der Waals surface area (Å²) < 4.78 is 0. The molecule has 0 heterocycles. The van der Waals surface area contributed by atoms with Crippen LogP contribution in [0, 0.1) is 0 Å². The Morgan fingerprint density at radius 2 is 2.18 bits per heavy atom. The third-order valence-electron chi connectivity index (χ3n) is 1.18. The second-order valence-electron chi connectivity index (χ2n) is 2.71. The van der Waals surface area contributed by atoms with Crippen molar-refractivity contribution in [3.8, 4) is 0 Å². The summed E-state index contributed by atoms with van der Waals surface area (Å²) in [6.07, 6.45) is 7.59. The fourth-order valence-corrected chi connectivity index (χ4v) is 0.767. The lowest BCUT2D eigenvalue weighted by Crippen LogP contribution is -1.99. The van der Waals surface area contributed by atoms with Gasteiger partial charge in [0, 0.05) is 0 Å². The molecule has 1 heteroatoms. The molecule has 0 aromatic heterocycles. The van der Waals surface area contributed by atoms with Crippen molar-refractivity contribution in [3.05, 3.63) is 36.5 Å². The molecule has 0 aliphatic rings. The maximum Gasteiger partial charge on any atom is 0.0757 e.